The van der Waals surface area contributed by atoms with Crippen LogP contribution in [-0.2, 0) is 6.42 Å². The van der Waals surface area contributed by atoms with Crippen molar-refractivity contribution in [3.05, 3.63) is 64.9 Å². The molecule has 3 aromatic rings. The highest BCUT2D eigenvalue weighted by Crippen LogP contribution is 2.44. The summed E-state index contributed by atoms with van der Waals surface area (Å²) in [6.07, 6.45) is 0.381. The van der Waals surface area contributed by atoms with Gasteiger partial charge in [-0.05, 0) is 13.0 Å². The number of aliphatic hydroxyl groups excluding tert-OH is 1. The Morgan fingerprint density at radius 2 is 1.81 bits per heavy atom. The maximum absolute atomic E-state index is 15.6. The fraction of sp³-hybridized carbons (Fsp3) is 0.481. The number of fused-ring (bicyclic) bond motifs is 3. The molecule has 200 valence electrons. The Morgan fingerprint density at radius 1 is 1.11 bits per heavy atom. The van der Waals surface area contributed by atoms with Gasteiger partial charge >= 0.3 is 0 Å². The van der Waals surface area contributed by atoms with Gasteiger partial charge in [-0.3, -0.25) is 14.2 Å². The molecular weight excluding hydrogens is 493 g/mol. The van der Waals surface area contributed by atoms with Crippen molar-refractivity contribution in [3.63, 3.8) is 0 Å². The van der Waals surface area contributed by atoms with Crippen LogP contribution in [0.2, 0.25) is 0 Å². The van der Waals surface area contributed by atoms with Crippen LogP contribution in [0.3, 0.4) is 0 Å². The van der Waals surface area contributed by atoms with E-state index in [0.717, 1.165) is 23.3 Å². The van der Waals surface area contributed by atoms with Crippen molar-refractivity contribution in [2.24, 2.45) is 5.92 Å². The van der Waals surface area contributed by atoms with Gasteiger partial charge in [-0.2, -0.15) is 0 Å². The number of rotatable bonds is 9. The molecule has 1 fully saturated rings. The zero-order valence-electron chi connectivity index (χ0n) is 20.5. The van der Waals surface area contributed by atoms with Gasteiger partial charge < -0.3 is 14.8 Å². The molecule has 2 aromatic carbocycles. The summed E-state index contributed by atoms with van der Waals surface area (Å²) in [5.74, 6) is -5.23. The number of para-hydroxylation sites is 1. The first kappa shape index (κ1) is 25.9. The second-order valence-electron chi connectivity index (χ2n) is 10.1. The summed E-state index contributed by atoms with van der Waals surface area (Å²) < 4.78 is 78.3. The fourth-order valence-corrected chi connectivity index (χ4v) is 5.56. The van der Waals surface area contributed by atoms with Crippen molar-refractivity contribution in [1.82, 2.24) is 14.8 Å². The normalized spacial score (nSPS) is 21.3. The van der Waals surface area contributed by atoms with Crippen LogP contribution < -0.4 is 4.74 Å². The Labute approximate surface area is 211 Å². The molecule has 0 amide bonds. The van der Waals surface area contributed by atoms with Crippen LogP contribution in [0.1, 0.15) is 29.8 Å². The molecule has 1 saturated heterocycles. The number of nitrogens with zero attached hydrogens (tertiary/aromatic N) is 2. The van der Waals surface area contributed by atoms with Crippen molar-refractivity contribution in [3.8, 4) is 5.75 Å². The Morgan fingerprint density at radius 3 is 2.49 bits per heavy atom. The summed E-state index contributed by atoms with van der Waals surface area (Å²) >= 11 is 0. The Balaban J connectivity index is 1.49. The summed E-state index contributed by atoms with van der Waals surface area (Å²) in [4.78, 5) is 6.65. The summed E-state index contributed by atoms with van der Waals surface area (Å²) in [5, 5.41) is 9.94. The number of aliphatic hydroxyl groups is 1. The number of halogens is 5. The number of hydrogen-bond acceptors (Lipinski definition) is 4. The smallest absolute Gasteiger partial charge is 0.283 e. The minimum absolute atomic E-state index is 0.00318. The van der Waals surface area contributed by atoms with E-state index in [9.17, 15) is 18.3 Å². The molecule has 5 nitrogen and oxygen atoms in total. The molecule has 2 aliphatic heterocycles. The number of nitrogens with one attached hydrogen (secondary N) is 1. The molecule has 10 heteroatoms. The fourth-order valence-electron chi connectivity index (χ4n) is 5.56. The largest absolute Gasteiger partial charge is 0.492 e. The highest BCUT2D eigenvalue weighted by atomic mass is 19.3. The van der Waals surface area contributed by atoms with Crippen molar-refractivity contribution in [2.45, 2.75) is 31.4 Å². The highest BCUT2D eigenvalue weighted by Gasteiger charge is 2.43. The topological polar surface area (TPSA) is 51.7 Å². The van der Waals surface area contributed by atoms with Crippen LogP contribution in [0.25, 0.3) is 10.9 Å². The predicted octanol–water partition coefficient (Wildman–Crippen LogP) is 4.69. The van der Waals surface area contributed by atoms with Crippen molar-refractivity contribution >= 4 is 10.9 Å². The first-order chi connectivity index (χ1) is 17.7. The van der Waals surface area contributed by atoms with E-state index in [0.29, 0.717) is 37.0 Å². The summed E-state index contributed by atoms with van der Waals surface area (Å²) in [7, 11) is 0. The van der Waals surface area contributed by atoms with E-state index in [1.165, 1.54) is 4.90 Å². The number of alkyl halides is 3. The standard InChI is InChI=1S/C27H30F5N3O2/c1-16-8-23-24(19-4-2-3-5-22(19)33-23)26(35(16)14-27(31,32)15-36)25-20(29)9-18(10-21(25)30)37-7-6-34-12-17(11-28)13-34/h2-5,9-10,16-17,26,33,36H,6-8,11-15H2,1H3/t16-,26+/m1/s1. The minimum Gasteiger partial charge on any atom is -0.492 e. The molecule has 0 saturated carbocycles. The van der Waals surface area contributed by atoms with Gasteiger partial charge in [0.2, 0.25) is 0 Å². The Bertz CT molecular complexity index is 1240. The number of likely N-dealkylation sites (tertiary alicyclic amines) is 1. The van der Waals surface area contributed by atoms with E-state index in [-0.39, 0.29) is 30.5 Å². The van der Waals surface area contributed by atoms with Gasteiger partial charge in [-0.1, -0.05) is 18.2 Å². The second kappa shape index (κ2) is 10.2. The second-order valence-corrected chi connectivity index (χ2v) is 10.1. The van der Waals surface area contributed by atoms with Gasteiger partial charge in [0.25, 0.3) is 5.92 Å². The molecular formula is C27H30F5N3O2. The third-order valence-electron chi connectivity index (χ3n) is 7.40. The lowest BCUT2D eigenvalue weighted by molar-refractivity contribution is -0.0866. The first-order valence-corrected chi connectivity index (χ1v) is 12.4. The van der Waals surface area contributed by atoms with Gasteiger partial charge in [0.15, 0.2) is 0 Å². The lowest BCUT2D eigenvalue weighted by Crippen LogP contribution is -2.49. The number of aromatic nitrogens is 1. The SMILES string of the molecule is C[C@@H]1Cc2[nH]c3ccccc3c2[C@@H](c2c(F)cc(OCCN3CC(CF)C3)cc2F)N1CC(F)(F)CO. The quantitative estimate of drug-likeness (QED) is 0.400. The van der Waals surface area contributed by atoms with Gasteiger partial charge in [-0.15, -0.1) is 0 Å². The maximum atomic E-state index is 15.6. The van der Waals surface area contributed by atoms with E-state index in [1.54, 1.807) is 19.1 Å². The molecule has 0 unspecified atom stereocenters. The molecule has 0 radical (unpaired) electrons. The monoisotopic (exact) mass is 523 g/mol. The summed E-state index contributed by atoms with van der Waals surface area (Å²) in [5.41, 5.74) is 1.70. The summed E-state index contributed by atoms with van der Waals surface area (Å²) in [6, 6.07) is 7.78. The molecule has 0 bridgehead atoms. The average Bonchev–Trinajstić information content (AvgIpc) is 3.19. The van der Waals surface area contributed by atoms with Gasteiger partial charge in [0.1, 0.15) is 30.6 Å². The van der Waals surface area contributed by atoms with Gasteiger partial charge in [0, 0.05) is 77.9 Å². The van der Waals surface area contributed by atoms with Crippen molar-refractivity contribution < 1.29 is 31.8 Å². The van der Waals surface area contributed by atoms with E-state index >= 15 is 8.78 Å². The number of H-pyrrole nitrogens is 1. The van der Waals surface area contributed by atoms with Crippen LogP contribution in [0, 0.1) is 17.6 Å². The highest BCUT2D eigenvalue weighted by molar-refractivity contribution is 5.86. The zero-order chi connectivity index (χ0) is 26.3. The van der Waals surface area contributed by atoms with Crippen LogP contribution in [0.5, 0.6) is 5.75 Å². The lowest BCUT2D eigenvalue weighted by Gasteiger charge is -2.42. The third kappa shape index (κ3) is 5.06. The lowest BCUT2D eigenvalue weighted by atomic mass is 9.86. The van der Waals surface area contributed by atoms with Crippen LogP contribution in [0.15, 0.2) is 36.4 Å². The zero-order valence-corrected chi connectivity index (χ0v) is 20.5. The molecule has 2 atom stereocenters. The van der Waals surface area contributed by atoms with E-state index in [2.05, 4.69) is 4.98 Å². The van der Waals surface area contributed by atoms with Crippen molar-refractivity contribution in [2.75, 3.05) is 46.1 Å². The Kier molecular flexibility index (Phi) is 7.17. The van der Waals surface area contributed by atoms with Gasteiger partial charge in [-0.25, -0.2) is 17.6 Å². The molecule has 0 aliphatic carbocycles. The molecule has 37 heavy (non-hydrogen) atoms. The molecule has 3 heterocycles. The van der Waals surface area contributed by atoms with Gasteiger partial charge in [0.05, 0.1) is 19.3 Å². The number of hydrogen-bond donors (Lipinski definition) is 2. The molecule has 2 aliphatic rings. The predicted molar refractivity (Wildman–Crippen MR) is 130 cm³/mol. The summed E-state index contributed by atoms with van der Waals surface area (Å²) in [6.45, 7) is 1.07. The third-order valence-corrected chi connectivity index (χ3v) is 7.40. The Hall–Kier alpha value is -2.69. The number of ether oxygens (including phenoxy) is 1. The van der Waals surface area contributed by atoms with E-state index in [4.69, 9.17) is 4.74 Å². The van der Waals surface area contributed by atoms with Crippen molar-refractivity contribution in [1.29, 1.82) is 0 Å². The minimum atomic E-state index is -3.45. The van der Waals surface area contributed by atoms with Crippen LogP contribution in [0.4, 0.5) is 22.0 Å². The molecule has 2 N–H and O–H groups in total. The van der Waals surface area contributed by atoms with E-state index in [1.807, 2.05) is 17.0 Å². The van der Waals surface area contributed by atoms with E-state index < -0.39 is 42.8 Å². The number of benzene rings is 2. The molecule has 0 spiro atoms. The molecule has 1 aromatic heterocycles. The molecule has 5 rings (SSSR count). The van der Waals surface area contributed by atoms with Crippen LogP contribution in [-0.4, -0.2) is 77.9 Å². The average molecular weight is 524 g/mol. The first-order valence-electron chi connectivity index (χ1n) is 12.4. The number of aromatic amines is 1. The maximum Gasteiger partial charge on any atom is 0.283 e. The van der Waals surface area contributed by atoms with Crippen LogP contribution >= 0.6 is 0 Å².